The van der Waals surface area contributed by atoms with E-state index in [0.717, 1.165) is 18.7 Å². The Labute approximate surface area is 86.9 Å². The molecule has 2 N–H and O–H groups in total. The highest BCUT2D eigenvalue weighted by atomic mass is 19.1. The molecule has 0 fully saturated rings. The van der Waals surface area contributed by atoms with Crippen molar-refractivity contribution in [3.05, 3.63) is 29.6 Å². The smallest absolute Gasteiger partial charge is 0.311 e. The van der Waals surface area contributed by atoms with Gasteiger partial charge in [-0.15, -0.1) is 0 Å². The Kier molecular flexibility index (Phi) is 2.58. The monoisotopic (exact) mass is 209 g/mol. The summed E-state index contributed by atoms with van der Waals surface area (Å²) >= 11 is 0. The van der Waals surface area contributed by atoms with E-state index in [1.54, 1.807) is 6.07 Å². The first-order valence-electron chi connectivity index (χ1n) is 4.94. The predicted molar refractivity (Wildman–Crippen MR) is 54.5 cm³/mol. The number of fused-ring (bicyclic) bond motifs is 1. The second-order valence-electron chi connectivity index (χ2n) is 3.69. The Morgan fingerprint density at radius 2 is 2.33 bits per heavy atom. The van der Waals surface area contributed by atoms with Crippen molar-refractivity contribution in [3.8, 4) is 0 Å². The average Bonchev–Trinajstić information content (AvgIpc) is 2.39. The van der Waals surface area contributed by atoms with E-state index in [0.29, 0.717) is 12.0 Å². The molecule has 1 atom stereocenters. The molecule has 0 spiro atoms. The molecule has 15 heavy (non-hydrogen) atoms. The molecule has 1 unspecified atom stereocenters. The van der Waals surface area contributed by atoms with Crippen LogP contribution in [0, 0.1) is 5.82 Å². The maximum Gasteiger partial charge on any atom is 0.311 e. The topological polar surface area (TPSA) is 49.3 Å². The second kappa shape index (κ2) is 3.88. The van der Waals surface area contributed by atoms with Crippen molar-refractivity contribution in [1.29, 1.82) is 0 Å². The molecule has 4 heteroatoms. The lowest BCUT2D eigenvalue weighted by molar-refractivity contribution is -0.138. The van der Waals surface area contributed by atoms with Crippen molar-refractivity contribution in [1.82, 2.24) is 0 Å². The highest BCUT2D eigenvalue weighted by Gasteiger charge is 2.24. The summed E-state index contributed by atoms with van der Waals surface area (Å²) in [6.07, 6.45) is 1.34. The van der Waals surface area contributed by atoms with Crippen LogP contribution in [0.25, 0.3) is 0 Å². The van der Waals surface area contributed by atoms with Crippen LogP contribution in [0.1, 0.15) is 24.3 Å². The Balaban J connectivity index is 2.46. The summed E-state index contributed by atoms with van der Waals surface area (Å²) in [5.74, 6) is -1.86. The van der Waals surface area contributed by atoms with Crippen LogP contribution in [0.4, 0.5) is 10.1 Å². The fourth-order valence-corrected chi connectivity index (χ4v) is 1.92. The molecular weight excluding hydrogens is 197 g/mol. The number of hydrogen-bond acceptors (Lipinski definition) is 2. The summed E-state index contributed by atoms with van der Waals surface area (Å²) < 4.78 is 13.0. The fraction of sp³-hybridized carbons (Fsp3) is 0.364. The number of carboxylic acid groups (broad SMARTS) is 1. The van der Waals surface area contributed by atoms with Gasteiger partial charge in [-0.05, 0) is 36.6 Å². The Morgan fingerprint density at radius 1 is 1.53 bits per heavy atom. The minimum absolute atomic E-state index is 0.385. The Morgan fingerprint density at radius 3 is 3.07 bits per heavy atom. The van der Waals surface area contributed by atoms with Crippen LogP contribution in [-0.2, 0) is 4.79 Å². The summed E-state index contributed by atoms with van der Waals surface area (Å²) in [6.45, 7) is 0.739. The third-order valence-corrected chi connectivity index (χ3v) is 2.67. The molecule has 0 bridgehead atoms. The van der Waals surface area contributed by atoms with E-state index in [-0.39, 0.29) is 5.82 Å². The predicted octanol–water partition coefficient (Wildman–Crippen LogP) is 2.20. The maximum atomic E-state index is 13.0. The lowest BCUT2D eigenvalue weighted by atomic mass is 9.94. The van der Waals surface area contributed by atoms with E-state index in [4.69, 9.17) is 5.11 Å². The first-order valence-corrected chi connectivity index (χ1v) is 4.94. The van der Waals surface area contributed by atoms with Crippen molar-refractivity contribution >= 4 is 11.7 Å². The molecular formula is C11H12FNO2. The molecule has 2 rings (SSSR count). The molecule has 0 radical (unpaired) electrons. The van der Waals surface area contributed by atoms with Gasteiger partial charge in [0.25, 0.3) is 0 Å². The number of carbonyl (C=O) groups is 1. The van der Waals surface area contributed by atoms with E-state index >= 15 is 0 Å². The van der Waals surface area contributed by atoms with Crippen LogP contribution in [0.3, 0.4) is 0 Å². The number of carboxylic acids is 1. The number of rotatable bonds is 1. The largest absolute Gasteiger partial charge is 0.481 e. The van der Waals surface area contributed by atoms with Gasteiger partial charge in [-0.2, -0.15) is 0 Å². The van der Waals surface area contributed by atoms with Crippen LogP contribution < -0.4 is 5.32 Å². The van der Waals surface area contributed by atoms with Crippen LogP contribution in [-0.4, -0.2) is 17.6 Å². The van der Waals surface area contributed by atoms with Crippen molar-refractivity contribution in [2.24, 2.45) is 0 Å². The SMILES string of the molecule is O=C(O)C1CCCNc2ccc(F)cc21. The number of nitrogens with one attached hydrogen (secondary N) is 1. The zero-order valence-corrected chi connectivity index (χ0v) is 8.16. The van der Waals surface area contributed by atoms with Crippen LogP contribution in [0.15, 0.2) is 18.2 Å². The van der Waals surface area contributed by atoms with Crippen molar-refractivity contribution < 1.29 is 14.3 Å². The lowest BCUT2D eigenvalue weighted by Crippen LogP contribution is -2.11. The van der Waals surface area contributed by atoms with Gasteiger partial charge in [-0.1, -0.05) is 0 Å². The van der Waals surface area contributed by atoms with E-state index in [1.807, 2.05) is 0 Å². The van der Waals surface area contributed by atoms with Gasteiger partial charge in [0.1, 0.15) is 5.82 Å². The number of benzene rings is 1. The molecule has 1 aromatic rings. The Bertz CT molecular complexity index is 392. The minimum Gasteiger partial charge on any atom is -0.481 e. The number of anilines is 1. The van der Waals surface area contributed by atoms with E-state index in [9.17, 15) is 9.18 Å². The van der Waals surface area contributed by atoms with Crippen LogP contribution in [0.2, 0.25) is 0 Å². The van der Waals surface area contributed by atoms with Gasteiger partial charge in [0.2, 0.25) is 0 Å². The average molecular weight is 209 g/mol. The standard InChI is InChI=1S/C11H12FNO2/c12-7-3-4-10-9(6-7)8(11(14)15)2-1-5-13-10/h3-4,6,8,13H,1-2,5H2,(H,14,15). The van der Waals surface area contributed by atoms with Gasteiger partial charge in [0, 0.05) is 12.2 Å². The van der Waals surface area contributed by atoms with Gasteiger partial charge in [0.15, 0.2) is 0 Å². The number of hydrogen-bond donors (Lipinski definition) is 2. The summed E-state index contributed by atoms with van der Waals surface area (Å²) in [7, 11) is 0. The molecule has 1 aliphatic rings. The summed E-state index contributed by atoms with van der Waals surface area (Å²) in [5.41, 5.74) is 1.29. The normalized spacial score (nSPS) is 19.9. The van der Waals surface area contributed by atoms with Gasteiger partial charge in [-0.3, -0.25) is 4.79 Å². The molecule has 1 heterocycles. The van der Waals surface area contributed by atoms with Crippen molar-refractivity contribution in [2.45, 2.75) is 18.8 Å². The highest BCUT2D eigenvalue weighted by Crippen LogP contribution is 2.31. The Hall–Kier alpha value is -1.58. The lowest BCUT2D eigenvalue weighted by Gasteiger charge is -2.12. The summed E-state index contributed by atoms with van der Waals surface area (Å²) in [5, 5.41) is 12.2. The maximum absolute atomic E-state index is 13.0. The summed E-state index contributed by atoms with van der Waals surface area (Å²) in [6, 6.07) is 4.26. The number of aliphatic carboxylic acids is 1. The minimum atomic E-state index is -0.884. The van der Waals surface area contributed by atoms with E-state index < -0.39 is 11.9 Å². The number of halogens is 1. The molecule has 3 nitrogen and oxygen atoms in total. The molecule has 80 valence electrons. The highest BCUT2D eigenvalue weighted by molar-refractivity contribution is 5.79. The quantitative estimate of drug-likeness (QED) is 0.745. The molecule has 0 aliphatic carbocycles. The molecule has 1 aliphatic heterocycles. The molecule has 0 aromatic heterocycles. The molecule has 1 aromatic carbocycles. The zero-order chi connectivity index (χ0) is 10.8. The fourth-order valence-electron chi connectivity index (χ4n) is 1.92. The first kappa shape index (κ1) is 9.96. The summed E-state index contributed by atoms with van der Waals surface area (Å²) in [4.78, 5) is 11.0. The third-order valence-electron chi connectivity index (χ3n) is 2.67. The van der Waals surface area contributed by atoms with Gasteiger partial charge in [0.05, 0.1) is 5.92 Å². The van der Waals surface area contributed by atoms with Crippen LogP contribution >= 0.6 is 0 Å². The zero-order valence-electron chi connectivity index (χ0n) is 8.16. The van der Waals surface area contributed by atoms with Crippen molar-refractivity contribution in [2.75, 3.05) is 11.9 Å². The molecule has 0 amide bonds. The molecule has 0 saturated heterocycles. The van der Waals surface area contributed by atoms with Crippen LogP contribution in [0.5, 0.6) is 0 Å². The van der Waals surface area contributed by atoms with E-state index in [1.165, 1.54) is 12.1 Å². The first-order chi connectivity index (χ1) is 7.18. The van der Waals surface area contributed by atoms with E-state index in [2.05, 4.69) is 5.32 Å². The van der Waals surface area contributed by atoms with Gasteiger partial charge in [-0.25, -0.2) is 4.39 Å². The van der Waals surface area contributed by atoms with Gasteiger partial charge >= 0.3 is 5.97 Å². The second-order valence-corrected chi connectivity index (χ2v) is 3.69. The van der Waals surface area contributed by atoms with Gasteiger partial charge < -0.3 is 10.4 Å². The van der Waals surface area contributed by atoms with Crippen molar-refractivity contribution in [3.63, 3.8) is 0 Å². The molecule has 0 saturated carbocycles. The third kappa shape index (κ3) is 1.93.